The Kier molecular flexibility index (Phi) is 2.00. The van der Waals surface area contributed by atoms with Crippen molar-refractivity contribution in [3.63, 3.8) is 0 Å². The van der Waals surface area contributed by atoms with Gasteiger partial charge in [0.1, 0.15) is 0 Å². The third kappa shape index (κ3) is 1.37. The molecule has 0 bridgehead atoms. The topological polar surface area (TPSA) is 42.1 Å². The van der Waals surface area contributed by atoms with E-state index in [4.69, 9.17) is 4.74 Å². The number of aryl methyl sites for hydroxylation is 1. The summed E-state index contributed by atoms with van der Waals surface area (Å²) in [6.45, 7) is 3.29. The summed E-state index contributed by atoms with van der Waals surface area (Å²) < 4.78 is 5.13. The zero-order valence-electron chi connectivity index (χ0n) is 8.13. The maximum atomic E-state index is 10.9. The van der Waals surface area contributed by atoms with E-state index in [2.05, 4.69) is 4.98 Å². The molecule has 1 heterocycles. The molecule has 0 amide bonds. The number of esters is 1. The second-order valence-electron chi connectivity index (χ2n) is 3.22. The van der Waals surface area contributed by atoms with E-state index >= 15 is 0 Å². The second-order valence-corrected chi connectivity index (χ2v) is 3.22. The molecule has 0 saturated carbocycles. The third-order valence-corrected chi connectivity index (χ3v) is 2.08. The van der Waals surface area contributed by atoms with Crippen molar-refractivity contribution in [2.24, 2.45) is 0 Å². The second kappa shape index (κ2) is 3.18. The number of nitrogens with one attached hydrogen (secondary N) is 1. The fourth-order valence-electron chi connectivity index (χ4n) is 1.53. The van der Waals surface area contributed by atoms with E-state index < -0.39 is 0 Å². The standard InChI is InChI=1S/C11H11NO2/c1-7-11(14-8(2)13)9-5-3-4-6-10(9)12-7/h3-6,12H,1-2H3. The lowest BCUT2D eigenvalue weighted by Gasteiger charge is -1.99. The van der Waals surface area contributed by atoms with Gasteiger partial charge in [0.25, 0.3) is 0 Å². The van der Waals surface area contributed by atoms with Crippen LogP contribution in [0.5, 0.6) is 5.75 Å². The Hall–Kier alpha value is -1.77. The minimum atomic E-state index is -0.294. The molecular weight excluding hydrogens is 178 g/mol. The summed E-state index contributed by atoms with van der Waals surface area (Å²) in [6, 6.07) is 7.74. The molecule has 0 unspecified atom stereocenters. The summed E-state index contributed by atoms with van der Waals surface area (Å²) in [5.74, 6) is 0.339. The number of para-hydroxylation sites is 1. The quantitative estimate of drug-likeness (QED) is 0.700. The van der Waals surface area contributed by atoms with Gasteiger partial charge in [0.2, 0.25) is 0 Å². The molecule has 1 aromatic carbocycles. The van der Waals surface area contributed by atoms with E-state index in [0.717, 1.165) is 16.6 Å². The molecule has 2 aromatic rings. The lowest BCUT2D eigenvalue weighted by molar-refractivity contribution is -0.131. The Balaban J connectivity index is 2.62. The number of ether oxygens (including phenoxy) is 1. The van der Waals surface area contributed by atoms with Crippen molar-refractivity contribution in [3.8, 4) is 5.75 Å². The maximum Gasteiger partial charge on any atom is 0.308 e. The average Bonchev–Trinajstić information content (AvgIpc) is 2.43. The van der Waals surface area contributed by atoms with Crippen LogP contribution in [-0.2, 0) is 4.79 Å². The van der Waals surface area contributed by atoms with E-state index in [9.17, 15) is 4.79 Å². The van der Waals surface area contributed by atoms with Crippen LogP contribution in [0.1, 0.15) is 12.6 Å². The van der Waals surface area contributed by atoms with Crippen molar-refractivity contribution in [2.45, 2.75) is 13.8 Å². The highest BCUT2D eigenvalue weighted by Gasteiger charge is 2.10. The van der Waals surface area contributed by atoms with E-state index in [1.54, 1.807) is 0 Å². The number of aromatic amines is 1. The van der Waals surface area contributed by atoms with Gasteiger partial charge in [0.05, 0.1) is 5.69 Å². The lowest BCUT2D eigenvalue weighted by atomic mass is 10.2. The monoisotopic (exact) mass is 189 g/mol. The predicted molar refractivity (Wildman–Crippen MR) is 54.3 cm³/mol. The van der Waals surface area contributed by atoms with Crippen LogP contribution >= 0.6 is 0 Å². The minimum Gasteiger partial charge on any atom is -0.424 e. The molecule has 3 nitrogen and oxygen atoms in total. The predicted octanol–water partition coefficient (Wildman–Crippen LogP) is 2.40. The SMILES string of the molecule is CC(=O)Oc1c(C)[nH]c2ccccc12. The summed E-state index contributed by atoms with van der Waals surface area (Å²) in [6.07, 6.45) is 0. The zero-order valence-corrected chi connectivity index (χ0v) is 8.13. The number of rotatable bonds is 1. The van der Waals surface area contributed by atoms with Gasteiger partial charge in [-0.2, -0.15) is 0 Å². The zero-order chi connectivity index (χ0) is 10.1. The van der Waals surface area contributed by atoms with Gasteiger partial charge in [-0.1, -0.05) is 12.1 Å². The highest BCUT2D eigenvalue weighted by Crippen LogP contribution is 2.29. The summed E-state index contributed by atoms with van der Waals surface area (Å²) >= 11 is 0. The van der Waals surface area contributed by atoms with E-state index in [0.29, 0.717) is 5.75 Å². The van der Waals surface area contributed by atoms with Crippen LogP contribution in [-0.4, -0.2) is 11.0 Å². The Labute approximate surface area is 81.7 Å². The first-order valence-corrected chi connectivity index (χ1v) is 4.44. The number of carbonyl (C=O) groups is 1. The van der Waals surface area contributed by atoms with Crippen LogP contribution < -0.4 is 4.74 Å². The average molecular weight is 189 g/mol. The van der Waals surface area contributed by atoms with Gasteiger partial charge >= 0.3 is 5.97 Å². The van der Waals surface area contributed by atoms with Crippen LogP contribution in [0.4, 0.5) is 0 Å². The third-order valence-electron chi connectivity index (χ3n) is 2.08. The maximum absolute atomic E-state index is 10.9. The van der Waals surface area contributed by atoms with E-state index in [1.165, 1.54) is 6.92 Å². The van der Waals surface area contributed by atoms with Gasteiger partial charge in [-0.25, -0.2) is 0 Å². The van der Waals surface area contributed by atoms with E-state index in [-0.39, 0.29) is 5.97 Å². The van der Waals surface area contributed by atoms with Crippen molar-refractivity contribution in [1.29, 1.82) is 0 Å². The van der Waals surface area contributed by atoms with Gasteiger partial charge in [-0.3, -0.25) is 4.79 Å². The molecule has 14 heavy (non-hydrogen) atoms. The number of H-pyrrole nitrogens is 1. The van der Waals surface area contributed by atoms with Crippen LogP contribution in [0.15, 0.2) is 24.3 Å². The number of carbonyl (C=O) groups excluding carboxylic acids is 1. The van der Waals surface area contributed by atoms with Crippen molar-refractivity contribution >= 4 is 16.9 Å². The number of aromatic nitrogens is 1. The molecule has 1 N–H and O–H groups in total. The molecule has 1 aromatic heterocycles. The highest BCUT2D eigenvalue weighted by atomic mass is 16.5. The first-order valence-electron chi connectivity index (χ1n) is 4.44. The van der Waals surface area contributed by atoms with Gasteiger partial charge in [-0.15, -0.1) is 0 Å². The van der Waals surface area contributed by atoms with Crippen molar-refractivity contribution in [2.75, 3.05) is 0 Å². The summed E-state index contributed by atoms with van der Waals surface area (Å²) in [4.78, 5) is 14.0. The van der Waals surface area contributed by atoms with Crippen molar-refractivity contribution < 1.29 is 9.53 Å². The molecule has 0 radical (unpaired) electrons. The number of fused-ring (bicyclic) bond motifs is 1. The Bertz CT molecular complexity index is 485. The number of hydrogen-bond acceptors (Lipinski definition) is 2. The molecular formula is C11H11NO2. The summed E-state index contributed by atoms with van der Waals surface area (Å²) in [7, 11) is 0. The summed E-state index contributed by atoms with van der Waals surface area (Å²) in [5, 5.41) is 0.945. The Morgan fingerprint density at radius 2 is 2.07 bits per heavy atom. The molecule has 0 fully saturated rings. The Morgan fingerprint density at radius 1 is 1.36 bits per heavy atom. The van der Waals surface area contributed by atoms with Gasteiger partial charge in [0.15, 0.2) is 5.75 Å². The Morgan fingerprint density at radius 3 is 2.79 bits per heavy atom. The largest absolute Gasteiger partial charge is 0.424 e. The fourth-order valence-corrected chi connectivity index (χ4v) is 1.53. The van der Waals surface area contributed by atoms with Crippen LogP contribution in [0, 0.1) is 6.92 Å². The van der Waals surface area contributed by atoms with Crippen LogP contribution in [0.3, 0.4) is 0 Å². The van der Waals surface area contributed by atoms with Gasteiger partial charge in [0, 0.05) is 17.8 Å². The first kappa shape index (κ1) is 8.81. The molecule has 0 spiro atoms. The van der Waals surface area contributed by atoms with Crippen molar-refractivity contribution in [1.82, 2.24) is 4.98 Å². The molecule has 0 atom stereocenters. The molecule has 0 saturated heterocycles. The molecule has 0 aliphatic carbocycles. The van der Waals surface area contributed by atoms with Crippen LogP contribution in [0.25, 0.3) is 10.9 Å². The summed E-state index contributed by atoms with van der Waals surface area (Å²) in [5.41, 5.74) is 1.86. The number of benzene rings is 1. The fraction of sp³-hybridized carbons (Fsp3) is 0.182. The molecule has 72 valence electrons. The molecule has 0 aliphatic heterocycles. The molecule has 0 aliphatic rings. The van der Waals surface area contributed by atoms with Gasteiger partial charge < -0.3 is 9.72 Å². The molecule has 2 rings (SSSR count). The lowest BCUT2D eigenvalue weighted by Crippen LogP contribution is -2.01. The normalized spacial score (nSPS) is 10.4. The highest BCUT2D eigenvalue weighted by molar-refractivity contribution is 5.89. The van der Waals surface area contributed by atoms with Crippen molar-refractivity contribution in [3.05, 3.63) is 30.0 Å². The smallest absolute Gasteiger partial charge is 0.308 e. The van der Waals surface area contributed by atoms with E-state index in [1.807, 2.05) is 31.2 Å². The number of hydrogen-bond donors (Lipinski definition) is 1. The van der Waals surface area contributed by atoms with Crippen LogP contribution in [0.2, 0.25) is 0 Å². The minimum absolute atomic E-state index is 0.294. The van der Waals surface area contributed by atoms with Gasteiger partial charge in [-0.05, 0) is 19.1 Å². The first-order chi connectivity index (χ1) is 6.68. The molecule has 3 heteroatoms.